The molecule has 0 aromatic heterocycles. The molecule has 2 aromatic carbocycles. The molecule has 0 radical (unpaired) electrons. The van der Waals surface area contributed by atoms with Crippen LogP contribution in [0.1, 0.15) is 30.9 Å². The van der Waals surface area contributed by atoms with E-state index in [9.17, 15) is 17.6 Å². The summed E-state index contributed by atoms with van der Waals surface area (Å²) in [6.45, 7) is 1.90. The van der Waals surface area contributed by atoms with Crippen LogP contribution in [0.15, 0.2) is 82.7 Å². The van der Waals surface area contributed by atoms with Crippen LogP contribution in [-0.4, -0.2) is 17.5 Å². The lowest BCUT2D eigenvalue weighted by molar-refractivity contribution is 0.252. The summed E-state index contributed by atoms with van der Waals surface area (Å²) in [7, 11) is 0. The van der Waals surface area contributed by atoms with Gasteiger partial charge in [-0.15, -0.1) is 0 Å². The van der Waals surface area contributed by atoms with Gasteiger partial charge in [0, 0.05) is 10.6 Å². The SMILES string of the molecule is C\C=C/C(=C\C=C\[C@H]1CCC(c2c(F)cccc2F)=N1)c1ccc(SC(F)F)cc1. The maximum atomic E-state index is 14.0. The van der Waals surface area contributed by atoms with Crippen LogP contribution in [0.5, 0.6) is 0 Å². The molecule has 0 amide bonds. The number of rotatable bonds is 7. The second-order valence-electron chi connectivity index (χ2n) is 6.69. The third-order valence-corrected chi connectivity index (χ3v) is 5.34. The maximum Gasteiger partial charge on any atom is 0.288 e. The molecule has 0 unspecified atom stereocenters. The van der Waals surface area contributed by atoms with E-state index in [0.29, 0.717) is 35.2 Å². The van der Waals surface area contributed by atoms with E-state index in [1.54, 1.807) is 24.3 Å². The van der Waals surface area contributed by atoms with Crippen LogP contribution < -0.4 is 0 Å². The fourth-order valence-corrected chi connectivity index (χ4v) is 3.76. The number of benzene rings is 2. The molecular weight excluding hydrogens is 410 g/mol. The van der Waals surface area contributed by atoms with E-state index < -0.39 is 17.4 Å². The van der Waals surface area contributed by atoms with Crippen LogP contribution in [0, 0.1) is 11.6 Å². The van der Waals surface area contributed by atoms with Gasteiger partial charge in [0.2, 0.25) is 0 Å². The van der Waals surface area contributed by atoms with E-state index in [-0.39, 0.29) is 11.6 Å². The van der Waals surface area contributed by atoms with Crippen molar-refractivity contribution in [1.29, 1.82) is 0 Å². The normalized spacial score (nSPS) is 17.5. The molecular formula is C24H21F4NS. The van der Waals surface area contributed by atoms with Crippen molar-refractivity contribution in [3.63, 3.8) is 0 Å². The Labute approximate surface area is 177 Å². The maximum absolute atomic E-state index is 14.0. The molecule has 0 bridgehead atoms. The fourth-order valence-electron chi connectivity index (χ4n) is 3.26. The van der Waals surface area contributed by atoms with E-state index in [1.807, 2.05) is 37.3 Å². The van der Waals surface area contributed by atoms with E-state index in [4.69, 9.17) is 0 Å². The Morgan fingerprint density at radius 3 is 2.43 bits per heavy atom. The molecule has 0 fully saturated rings. The summed E-state index contributed by atoms with van der Waals surface area (Å²) in [5.41, 5.74) is 2.23. The quantitative estimate of drug-likeness (QED) is 0.252. The van der Waals surface area contributed by atoms with Gasteiger partial charge in [0.1, 0.15) is 11.6 Å². The Hall–Kier alpha value is -2.60. The van der Waals surface area contributed by atoms with Crippen molar-refractivity contribution < 1.29 is 17.6 Å². The summed E-state index contributed by atoms with van der Waals surface area (Å²) < 4.78 is 52.9. The Morgan fingerprint density at radius 2 is 1.80 bits per heavy atom. The van der Waals surface area contributed by atoms with Crippen molar-refractivity contribution in [3.8, 4) is 0 Å². The second-order valence-corrected chi connectivity index (χ2v) is 7.75. The number of alkyl halides is 2. The van der Waals surface area contributed by atoms with Crippen molar-refractivity contribution >= 4 is 23.0 Å². The lowest BCUT2D eigenvalue weighted by Crippen LogP contribution is -2.03. The van der Waals surface area contributed by atoms with Crippen molar-refractivity contribution in [3.05, 3.63) is 95.6 Å². The minimum Gasteiger partial charge on any atom is -0.281 e. The molecule has 6 heteroatoms. The zero-order chi connectivity index (χ0) is 21.5. The summed E-state index contributed by atoms with van der Waals surface area (Å²) in [6, 6.07) is 10.6. The Bertz CT molecular complexity index is 971. The van der Waals surface area contributed by atoms with Gasteiger partial charge in [0.25, 0.3) is 5.76 Å². The topological polar surface area (TPSA) is 12.4 Å². The number of allylic oxidation sites excluding steroid dienone is 5. The Balaban J connectivity index is 1.74. The number of hydrogen-bond donors (Lipinski definition) is 0. The van der Waals surface area contributed by atoms with Crippen LogP contribution in [0.3, 0.4) is 0 Å². The molecule has 30 heavy (non-hydrogen) atoms. The second kappa shape index (κ2) is 10.4. The Morgan fingerprint density at radius 1 is 1.10 bits per heavy atom. The molecule has 156 valence electrons. The van der Waals surface area contributed by atoms with E-state index in [0.717, 1.165) is 11.1 Å². The highest BCUT2D eigenvalue weighted by molar-refractivity contribution is 7.99. The third-order valence-electron chi connectivity index (χ3n) is 4.62. The van der Waals surface area contributed by atoms with Gasteiger partial charge in [-0.05, 0) is 55.2 Å². The van der Waals surface area contributed by atoms with Crippen molar-refractivity contribution in [1.82, 2.24) is 0 Å². The predicted molar refractivity (Wildman–Crippen MR) is 116 cm³/mol. The van der Waals surface area contributed by atoms with Crippen LogP contribution in [-0.2, 0) is 0 Å². The molecule has 0 saturated heterocycles. The molecule has 3 rings (SSSR count). The highest BCUT2D eigenvalue weighted by Crippen LogP contribution is 2.27. The van der Waals surface area contributed by atoms with E-state index in [2.05, 4.69) is 4.99 Å². The van der Waals surface area contributed by atoms with Gasteiger partial charge < -0.3 is 0 Å². The van der Waals surface area contributed by atoms with Gasteiger partial charge in [0.15, 0.2) is 0 Å². The minimum absolute atomic E-state index is 0.0414. The van der Waals surface area contributed by atoms with Crippen LogP contribution in [0.25, 0.3) is 5.57 Å². The highest BCUT2D eigenvalue weighted by Gasteiger charge is 2.21. The van der Waals surface area contributed by atoms with Gasteiger partial charge in [-0.2, -0.15) is 8.78 Å². The summed E-state index contributed by atoms with van der Waals surface area (Å²) in [5.74, 6) is -3.64. The molecule has 1 nitrogen and oxygen atoms in total. The lowest BCUT2D eigenvalue weighted by atomic mass is 10.0. The Kier molecular flexibility index (Phi) is 7.69. The fraction of sp³-hybridized carbons (Fsp3) is 0.208. The van der Waals surface area contributed by atoms with Crippen molar-refractivity contribution in [2.24, 2.45) is 4.99 Å². The van der Waals surface area contributed by atoms with Gasteiger partial charge in [0.05, 0.1) is 11.6 Å². The molecule has 1 aliphatic heterocycles. The summed E-state index contributed by atoms with van der Waals surface area (Å²) >= 11 is 0.514. The zero-order valence-corrected chi connectivity index (χ0v) is 17.2. The van der Waals surface area contributed by atoms with Crippen LogP contribution in [0.4, 0.5) is 17.6 Å². The number of nitrogens with zero attached hydrogens (tertiary/aromatic N) is 1. The summed E-state index contributed by atoms with van der Waals surface area (Å²) in [6.07, 6.45) is 10.7. The molecule has 1 heterocycles. The molecule has 1 aliphatic rings. The van der Waals surface area contributed by atoms with Crippen LogP contribution >= 0.6 is 11.8 Å². The van der Waals surface area contributed by atoms with Crippen molar-refractivity contribution in [2.45, 2.75) is 36.5 Å². The lowest BCUT2D eigenvalue weighted by Gasteiger charge is -2.05. The first kappa shape index (κ1) is 22.1. The first-order chi connectivity index (χ1) is 14.5. The van der Waals surface area contributed by atoms with Gasteiger partial charge in [-0.3, -0.25) is 4.99 Å². The minimum atomic E-state index is -2.45. The van der Waals surface area contributed by atoms with Gasteiger partial charge in [-0.1, -0.05) is 60.3 Å². The first-order valence-corrected chi connectivity index (χ1v) is 10.4. The monoisotopic (exact) mass is 431 g/mol. The van der Waals surface area contributed by atoms with Crippen LogP contribution in [0.2, 0.25) is 0 Å². The number of aliphatic imine (C=N–C) groups is 1. The molecule has 0 spiro atoms. The van der Waals surface area contributed by atoms with Gasteiger partial charge >= 0.3 is 0 Å². The first-order valence-electron chi connectivity index (χ1n) is 9.55. The molecule has 0 aliphatic carbocycles. The van der Waals surface area contributed by atoms with Gasteiger partial charge in [-0.25, -0.2) is 8.78 Å². The van der Waals surface area contributed by atoms with E-state index in [1.165, 1.54) is 18.2 Å². The average Bonchev–Trinajstić information content (AvgIpc) is 3.16. The average molecular weight is 431 g/mol. The zero-order valence-electron chi connectivity index (χ0n) is 16.4. The summed E-state index contributed by atoms with van der Waals surface area (Å²) in [4.78, 5) is 4.97. The molecule has 0 N–H and O–H groups in total. The third kappa shape index (κ3) is 5.72. The molecule has 0 saturated carbocycles. The number of halogens is 4. The number of hydrogen-bond acceptors (Lipinski definition) is 2. The predicted octanol–water partition coefficient (Wildman–Crippen LogP) is 7.45. The van der Waals surface area contributed by atoms with Crippen molar-refractivity contribution in [2.75, 3.05) is 0 Å². The number of thioether (sulfide) groups is 1. The standard InChI is InChI=1S/C24H21F4NS/c1-2-5-16(17-10-13-19(14-11-17)30-24(27)28)6-3-7-18-12-15-22(29-18)23-20(25)8-4-9-21(23)26/h2-11,13-14,18,24H,12,15H2,1H3/b5-2-,7-3+,16-6+/t18-/m0/s1. The highest BCUT2D eigenvalue weighted by atomic mass is 32.2. The largest absolute Gasteiger partial charge is 0.288 e. The molecule has 2 aromatic rings. The van der Waals surface area contributed by atoms with E-state index >= 15 is 0 Å². The molecule has 1 atom stereocenters. The summed E-state index contributed by atoms with van der Waals surface area (Å²) in [5, 5.41) is 0. The smallest absolute Gasteiger partial charge is 0.281 e.